The molecular weight excluding hydrogens is 320 g/mol. The van der Waals surface area contributed by atoms with Gasteiger partial charge in [-0.1, -0.05) is 18.2 Å². The summed E-state index contributed by atoms with van der Waals surface area (Å²) in [5, 5.41) is 12.4. The Morgan fingerprint density at radius 3 is 2.92 bits per heavy atom. The zero-order valence-electron chi connectivity index (χ0n) is 14.1. The van der Waals surface area contributed by atoms with E-state index >= 15 is 0 Å². The lowest BCUT2D eigenvalue weighted by Crippen LogP contribution is -2.45. The number of fused-ring (bicyclic) bond motifs is 2. The van der Waals surface area contributed by atoms with E-state index in [1.807, 2.05) is 17.0 Å². The number of nitrogens with one attached hydrogen (secondary N) is 1. The third-order valence-electron chi connectivity index (χ3n) is 5.62. The number of carboxylic acids is 1. The second-order valence-electron chi connectivity index (χ2n) is 7.13. The highest BCUT2D eigenvalue weighted by atomic mass is 16.4. The van der Waals surface area contributed by atoms with Crippen LogP contribution in [0.3, 0.4) is 0 Å². The van der Waals surface area contributed by atoms with Crippen LogP contribution in [0.2, 0.25) is 0 Å². The van der Waals surface area contributed by atoms with Gasteiger partial charge < -0.3 is 21.1 Å². The van der Waals surface area contributed by atoms with Gasteiger partial charge >= 0.3 is 5.97 Å². The van der Waals surface area contributed by atoms with Gasteiger partial charge in [-0.15, -0.1) is 0 Å². The van der Waals surface area contributed by atoms with Crippen LogP contribution in [-0.2, 0) is 9.59 Å². The molecule has 4 rings (SSSR count). The number of hydrogen-bond acceptors (Lipinski definition) is 5. The predicted octanol–water partition coefficient (Wildman–Crippen LogP) is 1.33. The first-order valence-electron chi connectivity index (χ1n) is 8.99. The van der Waals surface area contributed by atoms with Gasteiger partial charge in [-0.05, 0) is 38.2 Å². The molecular formula is C18H24N4O3. The molecule has 4 atom stereocenters. The van der Waals surface area contributed by atoms with Crippen LogP contribution in [0.4, 0.5) is 5.69 Å². The molecule has 1 amide bonds. The number of rotatable bonds is 6. The van der Waals surface area contributed by atoms with Crippen molar-refractivity contribution in [1.29, 1.82) is 0 Å². The molecule has 134 valence electrons. The molecule has 1 aromatic rings. The van der Waals surface area contributed by atoms with Crippen molar-refractivity contribution in [2.75, 3.05) is 11.9 Å². The Bertz CT molecular complexity index is 695. The smallest absolute Gasteiger partial charge is 0.320 e. The van der Waals surface area contributed by atoms with Gasteiger partial charge in [0.05, 0.1) is 12.2 Å². The largest absolute Gasteiger partial charge is 0.480 e. The molecule has 7 heteroatoms. The molecule has 0 spiro atoms. The van der Waals surface area contributed by atoms with Crippen LogP contribution >= 0.6 is 0 Å². The van der Waals surface area contributed by atoms with Crippen molar-refractivity contribution >= 4 is 17.6 Å². The van der Waals surface area contributed by atoms with Gasteiger partial charge in [0.15, 0.2) is 0 Å². The molecule has 2 fully saturated rings. The maximum absolute atomic E-state index is 12.9. The number of aliphatic carboxylic acids is 1. The molecule has 0 saturated carbocycles. The first-order valence-corrected chi connectivity index (χ1v) is 8.99. The lowest BCUT2D eigenvalue weighted by molar-refractivity contribution is -0.138. The summed E-state index contributed by atoms with van der Waals surface area (Å²) in [4.78, 5) is 28.0. The maximum atomic E-state index is 12.9. The van der Waals surface area contributed by atoms with E-state index in [0.717, 1.165) is 30.5 Å². The van der Waals surface area contributed by atoms with E-state index in [1.165, 1.54) is 0 Å². The lowest BCUT2D eigenvalue weighted by Gasteiger charge is -2.40. The van der Waals surface area contributed by atoms with Crippen LogP contribution in [0.25, 0.3) is 0 Å². The van der Waals surface area contributed by atoms with Gasteiger partial charge in [0, 0.05) is 17.8 Å². The number of unbranched alkanes of at least 4 members (excludes halogenated alkanes) is 1. The van der Waals surface area contributed by atoms with Crippen molar-refractivity contribution in [3.63, 3.8) is 0 Å². The summed E-state index contributed by atoms with van der Waals surface area (Å²) in [5.41, 5.74) is 7.82. The van der Waals surface area contributed by atoms with E-state index in [4.69, 9.17) is 10.8 Å². The van der Waals surface area contributed by atoms with Crippen molar-refractivity contribution in [2.45, 2.75) is 56.5 Å². The van der Waals surface area contributed by atoms with Gasteiger partial charge in [-0.3, -0.25) is 9.59 Å². The number of nitrogens with two attached hydrogens (primary N) is 1. The van der Waals surface area contributed by atoms with Gasteiger partial charge in [-0.2, -0.15) is 0 Å². The third kappa shape index (κ3) is 2.67. The van der Waals surface area contributed by atoms with Gasteiger partial charge in [0.25, 0.3) is 0 Å². The fraction of sp³-hybridized carbons (Fsp3) is 0.556. The average Bonchev–Trinajstić information content (AvgIpc) is 3.14. The molecule has 3 heterocycles. The predicted molar refractivity (Wildman–Crippen MR) is 92.6 cm³/mol. The summed E-state index contributed by atoms with van der Waals surface area (Å²) in [6, 6.07) is 7.34. The Balaban J connectivity index is 1.49. The normalized spacial score (nSPS) is 28.4. The van der Waals surface area contributed by atoms with Crippen molar-refractivity contribution in [3.05, 3.63) is 29.8 Å². The number of hydrogen-bond donors (Lipinski definition) is 3. The number of amides is 1. The minimum atomic E-state index is -0.965. The number of benzene rings is 1. The first-order chi connectivity index (χ1) is 12.1. The zero-order valence-corrected chi connectivity index (χ0v) is 14.1. The summed E-state index contributed by atoms with van der Waals surface area (Å²) in [6.45, 7) is 0.643. The molecule has 2 saturated heterocycles. The number of anilines is 1. The van der Waals surface area contributed by atoms with E-state index in [1.54, 1.807) is 0 Å². The summed E-state index contributed by atoms with van der Waals surface area (Å²) in [7, 11) is 0. The SMILES string of the molecule is NC(CCCCN1C(=O)C2CCC3Nc4ccccc4C1N32)C(=O)O. The second kappa shape index (κ2) is 6.31. The van der Waals surface area contributed by atoms with E-state index in [2.05, 4.69) is 22.3 Å². The zero-order chi connectivity index (χ0) is 17.6. The highest BCUT2D eigenvalue weighted by molar-refractivity contribution is 5.86. The minimum absolute atomic E-state index is 0.00408. The summed E-state index contributed by atoms with van der Waals surface area (Å²) >= 11 is 0. The Hall–Kier alpha value is -2.12. The molecule has 25 heavy (non-hydrogen) atoms. The Labute approximate surface area is 146 Å². The number of para-hydroxylation sites is 1. The summed E-state index contributed by atoms with van der Waals surface area (Å²) < 4.78 is 0. The first kappa shape index (κ1) is 16.4. The Kier molecular flexibility index (Phi) is 4.13. The standard InChI is InChI=1S/C18H24N4O3/c19-12(18(24)25)6-3-4-10-21-16-11-5-1-2-7-13(11)20-15-9-8-14(17(21)23)22(15)16/h1-2,5,7,12,14-16,20H,3-4,6,8-10,19H2,(H,24,25). The fourth-order valence-corrected chi connectivity index (χ4v) is 4.41. The van der Waals surface area contributed by atoms with Crippen LogP contribution in [0.1, 0.15) is 43.8 Å². The molecule has 0 radical (unpaired) electrons. The Morgan fingerprint density at radius 2 is 2.12 bits per heavy atom. The number of nitrogens with zero attached hydrogens (tertiary/aromatic N) is 2. The topological polar surface area (TPSA) is 98.9 Å². The van der Waals surface area contributed by atoms with E-state index in [0.29, 0.717) is 19.4 Å². The van der Waals surface area contributed by atoms with Crippen LogP contribution < -0.4 is 11.1 Å². The molecule has 3 aliphatic rings. The second-order valence-corrected chi connectivity index (χ2v) is 7.13. The van der Waals surface area contributed by atoms with Crippen LogP contribution in [0.15, 0.2) is 24.3 Å². The summed E-state index contributed by atoms with van der Waals surface area (Å²) in [5.74, 6) is -0.762. The quantitative estimate of drug-likeness (QED) is 0.673. The van der Waals surface area contributed by atoms with Crippen molar-refractivity contribution in [2.24, 2.45) is 5.73 Å². The molecule has 0 aliphatic carbocycles. The number of carboxylic acid groups (broad SMARTS) is 1. The number of carbonyl (C=O) groups excluding carboxylic acids is 1. The minimum Gasteiger partial charge on any atom is -0.480 e. The van der Waals surface area contributed by atoms with Crippen molar-refractivity contribution in [1.82, 2.24) is 9.80 Å². The molecule has 1 aromatic carbocycles. The molecule has 7 nitrogen and oxygen atoms in total. The van der Waals surface area contributed by atoms with Crippen LogP contribution in [0.5, 0.6) is 0 Å². The van der Waals surface area contributed by atoms with Gasteiger partial charge in [-0.25, -0.2) is 4.90 Å². The highest BCUT2D eigenvalue weighted by Gasteiger charge is 2.54. The summed E-state index contributed by atoms with van der Waals surface area (Å²) in [6.07, 6.45) is 4.01. The highest BCUT2D eigenvalue weighted by Crippen LogP contribution is 2.48. The van der Waals surface area contributed by atoms with Gasteiger partial charge in [0.1, 0.15) is 12.2 Å². The monoisotopic (exact) mass is 344 g/mol. The number of carbonyl (C=O) groups is 2. The van der Waals surface area contributed by atoms with Crippen LogP contribution in [0, 0.1) is 0 Å². The van der Waals surface area contributed by atoms with Crippen LogP contribution in [-0.4, -0.2) is 51.6 Å². The average molecular weight is 344 g/mol. The van der Waals surface area contributed by atoms with Crippen molar-refractivity contribution in [3.8, 4) is 0 Å². The van der Waals surface area contributed by atoms with Gasteiger partial charge in [0.2, 0.25) is 5.91 Å². The van der Waals surface area contributed by atoms with Crippen molar-refractivity contribution < 1.29 is 14.7 Å². The molecule has 3 aliphatic heterocycles. The molecule has 4 unspecified atom stereocenters. The fourth-order valence-electron chi connectivity index (χ4n) is 4.41. The molecule has 0 bridgehead atoms. The lowest BCUT2D eigenvalue weighted by atomic mass is 10.0. The Morgan fingerprint density at radius 1 is 1.32 bits per heavy atom. The van der Waals surface area contributed by atoms with E-state index in [9.17, 15) is 9.59 Å². The van der Waals surface area contributed by atoms with E-state index < -0.39 is 12.0 Å². The maximum Gasteiger partial charge on any atom is 0.320 e. The van der Waals surface area contributed by atoms with E-state index in [-0.39, 0.29) is 24.3 Å². The molecule has 4 N–H and O–H groups in total. The molecule has 0 aromatic heterocycles. The third-order valence-corrected chi connectivity index (χ3v) is 5.62.